The Kier molecular flexibility index (Phi) is 5.01. The molecule has 1 aromatic carbocycles. The van der Waals surface area contributed by atoms with Gasteiger partial charge in [0.2, 0.25) is 0 Å². The van der Waals surface area contributed by atoms with Crippen molar-refractivity contribution >= 4 is 24.4 Å². The molecule has 0 bridgehead atoms. The second kappa shape index (κ2) is 6.06. The Bertz CT molecular complexity index is 384. The normalized spacial score (nSPS) is 16.5. The lowest BCUT2D eigenvalue weighted by atomic mass is 9.97. The topological polar surface area (TPSA) is 20.3 Å². The number of anilines is 1. The molecule has 0 radical (unpaired) electrons. The first-order chi connectivity index (χ1) is 7.70. The van der Waals surface area contributed by atoms with Gasteiger partial charge < -0.3 is 9.69 Å². The summed E-state index contributed by atoms with van der Waals surface area (Å²) < 4.78 is 0. The van der Waals surface area contributed by atoms with Crippen LogP contribution in [0.5, 0.6) is 0 Å². The van der Waals surface area contributed by atoms with Gasteiger partial charge in [0.25, 0.3) is 0 Å². The van der Waals surface area contributed by atoms with Gasteiger partial charge in [0, 0.05) is 24.7 Å². The second-order valence-corrected chi connectivity index (χ2v) is 4.75. The van der Waals surface area contributed by atoms with E-state index in [9.17, 15) is 4.79 Å². The van der Waals surface area contributed by atoms with Crippen LogP contribution >= 0.6 is 12.4 Å². The Morgan fingerprint density at radius 1 is 1.24 bits per heavy atom. The number of hydrogen-bond acceptors (Lipinski definition) is 2. The summed E-state index contributed by atoms with van der Waals surface area (Å²) in [5.74, 6) is 0.280. The highest BCUT2D eigenvalue weighted by molar-refractivity contribution is 5.85. The van der Waals surface area contributed by atoms with Crippen LogP contribution in [0.2, 0.25) is 0 Å². The van der Waals surface area contributed by atoms with Gasteiger partial charge in [-0.15, -0.1) is 12.4 Å². The first kappa shape index (κ1) is 14.0. The Labute approximate surface area is 109 Å². The number of rotatable bonds is 2. The molecule has 1 fully saturated rings. The number of halogens is 1. The number of aldehydes is 1. The molecule has 1 aliphatic heterocycles. The van der Waals surface area contributed by atoms with Crippen molar-refractivity contribution in [3.63, 3.8) is 0 Å². The van der Waals surface area contributed by atoms with Crippen molar-refractivity contribution in [2.45, 2.75) is 26.7 Å². The van der Waals surface area contributed by atoms with Crippen molar-refractivity contribution in [3.05, 3.63) is 29.3 Å². The molecule has 1 aromatic rings. The second-order valence-electron chi connectivity index (χ2n) is 4.75. The van der Waals surface area contributed by atoms with E-state index in [0.717, 1.165) is 32.2 Å². The van der Waals surface area contributed by atoms with Gasteiger partial charge in [0.1, 0.15) is 6.29 Å². The summed E-state index contributed by atoms with van der Waals surface area (Å²) in [5, 5.41) is 0. The minimum Gasteiger partial charge on any atom is -0.371 e. The van der Waals surface area contributed by atoms with Crippen molar-refractivity contribution in [2.75, 3.05) is 18.0 Å². The van der Waals surface area contributed by atoms with Crippen LogP contribution < -0.4 is 4.90 Å². The van der Waals surface area contributed by atoms with Crippen molar-refractivity contribution in [3.8, 4) is 0 Å². The lowest BCUT2D eigenvalue weighted by Gasteiger charge is -2.32. The fraction of sp³-hybridized carbons (Fsp3) is 0.500. The Morgan fingerprint density at radius 2 is 1.88 bits per heavy atom. The molecule has 1 aliphatic rings. The third kappa shape index (κ3) is 3.22. The lowest BCUT2D eigenvalue weighted by molar-refractivity contribution is -0.111. The quantitative estimate of drug-likeness (QED) is 0.755. The first-order valence-electron chi connectivity index (χ1n) is 5.98. The molecular weight excluding hydrogens is 234 g/mol. The third-order valence-electron chi connectivity index (χ3n) is 3.43. The molecule has 0 unspecified atom stereocenters. The summed E-state index contributed by atoms with van der Waals surface area (Å²) in [7, 11) is 0. The van der Waals surface area contributed by atoms with Gasteiger partial charge in [-0.3, -0.25) is 0 Å². The molecule has 94 valence electrons. The van der Waals surface area contributed by atoms with Crippen LogP contribution in [0.3, 0.4) is 0 Å². The van der Waals surface area contributed by atoms with E-state index in [1.807, 2.05) is 0 Å². The zero-order chi connectivity index (χ0) is 11.5. The fourth-order valence-corrected chi connectivity index (χ4v) is 2.44. The predicted molar refractivity (Wildman–Crippen MR) is 74.2 cm³/mol. The summed E-state index contributed by atoms with van der Waals surface area (Å²) in [6.45, 7) is 6.30. The number of carbonyl (C=O) groups is 1. The summed E-state index contributed by atoms with van der Waals surface area (Å²) in [6, 6.07) is 6.58. The molecule has 0 atom stereocenters. The molecule has 0 saturated carbocycles. The number of piperidine rings is 1. The maximum atomic E-state index is 10.7. The number of aryl methyl sites for hydroxylation is 2. The highest BCUT2D eigenvalue weighted by Gasteiger charge is 2.19. The van der Waals surface area contributed by atoms with Crippen LogP contribution in [0.4, 0.5) is 5.69 Å². The average Bonchev–Trinajstić information content (AvgIpc) is 2.29. The molecule has 0 aliphatic carbocycles. The molecule has 1 saturated heterocycles. The molecule has 0 aromatic heterocycles. The molecule has 2 nitrogen and oxygen atoms in total. The van der Waals surface area contributed by atoms with Gasteiger partial charge in [-0.25, -0.2) is 0 Å². The Morgan fingerprint density at radius 3 is 2.41 bits per heavy atom. The van der Waals surface area contributed by atoms with Gasteiger partial charge in [0.05, 0.1) is 0 Å². The van der Waals surface area contributed by atoms with Crippen molar-refractivity contribution < 1.29 is 4.79 Å². The van der Waals surface area contributed by atoms with Crippen LogP contribution in [0.15, 0.2) is 18.2 Å². The number of benzene rings is 1. The van der Waals surface area contributed by atoms with E-state index in [4.69, 9.17) is 0 Å². The number of carbonyl (C=O) groups excluding carboxylic acids is 1. The van der Waals surface area contributed by atoms with E-state index in [2.05, 4.69) is 36.9 Å². The van der Waals surface area contributed by atoms with Gasteiger partial charge in [-0.05, 0) is 38.3 Å². The van der Waals surface area contributed by atoms with Gasteiger partial charge in [-0.2, -0.15) is 0 Å². The van der Waals surface area contributed by atoms with Gasteiger partial charge in [0.15, 0.2) is 0 Å². The molecule has 0 spiro atoms. The van der Waals surface area contributed by atoms with E-state index in [-0.39, 0.29) is 18.3 Å². The fourth-order valence-electron chi connectivity index (χ4n) is 2.44. The molecule has 0 amide bonds. The SMILES string of the molecule is Cc1ccc(N2CCC(C=O)CC2)c(C)c1.Cl. The largest absolute Gasteiger partial charge is 0.371 e. The van der Waals surface area contributed by atoms with Crippen molar-refractivity contribution in [1.29, 1.82) is 0 Å². The smallest absolute Gasteiger partial charge is 0.123 e. The van der Waals surface area contributed by atoms with Gasteiger partial charge >= 0.3 is 0 Å². The minimum absolute atomic E-state index is 0. The van der Waals surface area contributed by atoms with Crippen molar-refractivity contribution in [2.24, 2.45) is 5.92 Å². The Balaban J connectivity index is 0.00000144. The zero-order valence-corrected chi connectivity index (χ0v) is 11.3. The van der Waals surface area contributed by atoms with Crippen LogP contribution in [-0.4, -0.2) is 19.4 Å². The van der Waals surface area contributed by atoms with E-state index in [1.165, 1.54) is 16.8 Å². The Hall–Kier alpha value is -1.02. The molecule has 1 heterocycles. The summed E-state index contributed by atoms with van der Waals surface area (Å²) >= 11 is 0. The predicted octanol–water partition coefficient (Wildman–Crippen LogP) is 3.14. The highest BCUT2D eigenvalue weighted by atomic mass is 35.5. The minimum atomic E-state index is 0. The molecule has 2 rings (SSSR count). The van der Waals surface area contributed by atoms with Crippen LogP contribution in [0, 0.1) is 19.8 Å². The maximum absolute atomic E-state index is 10.7. The third-order valence-corrected chi connectivity index (χ3v) is 3.43. The van der Waals surface area contributed by atoms with E-state index in [1.54, 1.807) is 0 Å². The van der Waals surface area contributed by atoms with E-state index < -0.39 is 0 Å². The first-order valence-corrected chi connectivity index (χ1v) is 5.98. The highest BCUT2D eigenvalue weighted by Crippen LogP contribution is 2.25. The van der Waals surface area contributed by atoms with Crippen LogP contribution in [-0.2, 0) is 4.79 Å². The zero-order valence-electron chi connectivity index (χ0n) is 10.5. The number of nitrogens with zero attached hydrogens (tertiary/aromatic N) is 1. The summed E-state index contributed by atoms with van der Waals surface area (Å²) in [6.07, 6.45) is 3.10. The maximum Gasteiger partial charge on any atom is 0.123 e. The van der Waals surface area contributed by atoms with Gasteiger partial charge in [-0.1, -0.05) is 17.7 Å². The molecule has 17 heavy (non-hydrogen) atoms. The molecule has 3 heteroatoms. The average molecular weight is 254 g/mol. The standard InChI is InChI=1S/C14H19NO.ClH/c1-11-3-4-14(12(2)9-11)15-7-5-13(10-16)6-8-15;/h3-4,9-10,13H,5-8H2,1-2H3;1H. The summed E-state index contributed by atoms with van der Waals surface area (Å²) in [4.78, 5) is 13.1. The van der Waals surface area contributed by atoms with Crippen LogP contribution in [0.1, 0.15) is 24.0 Å². The van der Waals surface area contributed by atoms with E-state index in [0.29, 0.717) is 0 Å². The monoisotopic (exact) mass is 253 g/mol. The number of hydrogen-bond donors (Lipinski definition) is 0. The molecular formula is C14H20ClNO. The van der Waals surface area contributed by atoms with Crippen LogP contribution in [0.25, 0.3) is 0 Å². The molecule has 0 N–H and O–H groups in total. The van der Waals surface area contributed by atoms with E-state index >= 15 is 0 Å². The van der Waals surface area contributed by atoms with Crippen molar-refractivity contribution in [1.82, 2.24) is 0 Å². The lowest BCUT2D eigenvalue weighted by Crippen LogP contribution is -2.34. The summed E-state index contributed by atoms with van der Waals surface area (Å²) in [5.41, 5.74) is 3.98.